The Labute approximate surface area is 142 Å². The summed E-state index contributed by atoms with van der Waals surface area (Å²) < 4.78 is 5.84. The van der Waals surface area contributed by atoms with E-state index in [-0.39, 0.29) is 5.69 Å². The number of fused-ring (bicyclic) bond motifs is 1. The molecule has 2 aliphatic rings. The third-order valence-electron chi connectivity index (χ3n) is 4.20. The van der Waals surface area contributed by atoms with Crippen molar-refractivity contribution < 1.29 is 14.8 Å². The van der Waals surface area contributed by atoms with E-state index in [1.165, 1.54) is 23.9 Å². The summed E-state index contributed by atoms with van der Waals surface area (Å²) in [5.74, 6) is 1.23. The average molecular weight is 348 g/mol. The molecule has 0 radical (unpaired) electrons. The number of aliphatic hydroxyl groups is 1. The highest BCUT2D eigenvalue weighted by Gasteiger charge is 2.47. The molecule has 2 aliphatic heterocycles. The molecule has 24 heavy (non-hydrogen) atoms. The van der Waals surface area contributed by atoms with Gasteiger partial charge >= 0.3 is 0 Å². The zero-order chi connectivity index (χ0) is 17.5. The molecular formula is C15H16N4O4S. The lowest BCUT2D eigenvalue weighted by molar-refractivity contribution is -0.385. The first-order chi connectivity index (χ1) is 11.3. The molecule has 0 aliphatic carbocycles. The molecule has 9 heteroatoms. The fourth-order valence-electron chi connectivity index (χ4n) is 3.02. The SMILES string of the molecule is CC1(C)Oc2ccc([N+](=O)[O-])cc2[C@@H](N2CCSC2=NC#N)[C@@H]1O. The van der Waals surface area contributed by atoms with Gasteiger partial charge in [-0.05, 0) is 19.9 Å². The Morgan fingerprint density at radius 2 is 2.33 bits per heavy atom. The van der Waals surface area contributed by atoms with Crippen LogP contribution in [0.2, 0.25) is 0 Å². The van der Waals surface area contributed by atoms with Crippen LogP contribution in [0.1, 0.15) is 25.5 Å². The number of rotatable bonds is 2. The average Bonchev–Trinajstić information content (AvgIpc) is 2.96. The van der Waals surface area contributed by atoms with Crippen LogP contribution in [0.5, 0.6) is 5.75 Å². The summed E-state index contributed by atoms with van der Waals surface area (Å²) in [7, 11) is 0. The van der Waals surface area contributed by atoms with E-state index in [2.05, 4.69) is 4.99 Å². The van der Waals surface area contributed by atoms with Crippen LogP contribution in [0.3, 0.4) is 0 Å². The normalized spacial score (nSPS) is 26.6. The molecule has 0 aromatic heterocycles. The van der Waals surface area contributed by atoms with Gasteiger partial charge in [0.2, 0.25) is 6.19 Å². The van der Waals surface area contributed by atoms with Gasteiger partial charge in [0.05, 0.1) is 11.0 Å². The number of nitro groups is 1. The monoisotopic (exact) mass is 348 g/mol. The molecule has 0 saturated carbocycles. The van der Waals surface area contributed by atoms with Gasteiger partial charge in [0.25, 0.3) is 5.69 Å². The van der Waals surface area contributed by atoms with Gasteiger partial charge < -0.3 is 14.7 Å². The second-order valence-corrected chi connectivity index (χ2v) is 7.17. The van der Waals surface area contributed by atoms with E-state index in [0.29, 0.717) is 23.0 Å². The fraction of sp³-hybridized carbons (Fsp3) is 0.467. The van der Waals surface area contributed by atoms with Gasteiger partial charge in [-0.2, -0.15) is 5.26 Å². The number of hydrogen-bond donors (Lipinski definition) is 1. The van der Waals surface area contributed by atoms with E-state index >= 15 is 0 Å². The molecule has 1 saturated heterocycles. The Hall–Kier alpha value is -2.31. The Kier molecular flexibility index (Phi) is 4.11. The zero-order valence-corrected chi connectivity index (χ0v) is 14.0. The summed E-state index contributed by atoms with van der Waals surface area (Å²) in [5.41, 5.74) is -0.414. The fourth-order valence-corrected chi connectivity index (χ4v) is 3.96. The smallest absolute Gasteiger partial charge is 0.270 e. The van der Waals surface area contributed by atoms with Crippen LogP contribution in [-0.4, -0.2) is 44.1 Å². The number of amidine groups is 1. The molecule has 1 aromatic rings. The van der Waals surface area contributed by atoms with Crippen LogP contribution in [-0.2, 0) is 0 Å². The lowest BCUT2D eigenvalue weighted by Crippen LogP contribution is -2.53. The summed E-state index contributed by atoms with van der Waals surface area (Å²) >= 11 is 1.42. The standard InChI is InChI=1S/C15H16N4O4S/c1-15(2)13(20)12(18-5-6-24-14(18)17-8-16)10-7-9(19(21)22)3-4-11(10)23-15/h3-4,7,12-13,20H,5-6H2,1-2H3/t12-,13+/m1/s1. The molecule has 0 amide bonds. The highest BCUT2D eigenvalue weighted by Crippen LogP contribution is 2.45. The number of hydrogen-bond acceptors (Lipinski definition) is 7. The number of nitro benzene ring substituents is 1. The molecule has 1 fully saturated rings. The van der Waals surface area contributed by atoms with E-state index in [0.717, 1.165) is 5.75 Å². The topological polar surface area (TPSA) is 112 Å². The first kappa shape index (κ1) is 16.5. The van der Waals surface area contributed by atoms with Gasteiger partial charge in [-0.3, -0.25) is 10.1 Å². The van der Waals surface area contributed by atoms with Crippen molar-refractivity contribution in [1.29, 1.82) is 5.26 Å². The second kappa shape index (κ2) is 5.96. The third kappa shape index (κ3) is 2.68. The van der Waals surface area contributed by atoms with Crippen molar-refractivity contribution in [3.8, 4) is 11.9 Å². The molecule has 2 heterocycles. The molecule has 126 valence electrons. The predicted molar refractivity (Wildman–Crippen MR) is 88.8 cm³/mol. The molecule has 0 unspecified atom stereocenters. The van der Waals surface area contributed by atoms with Crippen molar-refractivity contribution in [3.63, 3.8) is 0 Å². The number of non-ortho nitro benzene ring substituents is 1. The molecule has 8 nitrogen and oxygen atoms in total. The van der Waals surface area contributed by atoms with Crippen molar-refractivity contribution in [1.82, 2.24) is 4.90 Å². The minimum atomic E-state index is -0.936. The Morgan fingerprint density at radius 1 is 1.58 bits per heavy atom. The van der Waals surface area contributed by atoms with Crippen LogP contribution in [0, 0.1) is 21.6 Å². The molecule has 0 bridgehead atoms. The van der Waals surface area contributed by atoms with E-state index in [1.807, 2.05) is 4.90 Å². The van der Waals surface area contributed by atoms with E-state index in [9.17, 15) is 15.2 Å². The summed E-state index contributed by atoms with van der Waals surface area (Å²) in [6.45, 7) is 4.11. The van der Waals surface area contributed by atoms with Crippen molar-refractivity contribution in [2.24, 2.45) is 4.99 Å². The quantitative estimate of drug-likeness (QED) is 0.494. The molecule has 1 aromatic carbocycles. The number of ether oxygens (including phenoxy) is 1. The van der Waals surface area contributed by atoms with Gasteiger partial charge in [-0.1, -0.05) is 11.8 Å². The molecule has 3 rings (SSSR count). The summed E-state index contributed by atoms with van der Waals surface area (Å²) in [5, 5.41) is 31.3. The van der Waals surface area contributed by atoms with Crippen LogP contribution < -0.4 is 4.74 Å². The van der Waals surface area contributed by atoms with Crippen molar-refractivity contribution >= 4 is 22.6 Å². The minimum absolute atomic E-state index is 0.0696. The van der Waals surface area contributed by atoms with Gasteiger partial charge in [0.1, 0.15) is 17.5 Å². The maximum Gasteiger partial charge on any atom is 0.270 e. The van der Waals surface area contributed by atoms with Gasteiger partial charge in [-0.15, -0.1) is 4.99 Å². The van der Waals surface area contributed by atoms with Crippen LogP contribution >= 0.6 is 11.8 Å². The number of benzene rings is 1. The van der Waals surface area contributed by atoms with Gasteiger partial charge in [-0.25, -0.2) is 0 Å². The Bertz CT molecular complexity index is 758. The van der Waals surface area contributed by atoms with Gasteiger partial charge in [0.15, 0.2) is 5.17 Å². The molecule has 0 spiro atoms. The number of nitriles is 1. The number of thioether (sulfide) groups is 1. The van der Waals surface area contributed by atoms with Crippen molar-refractivity contribution in [2.75, 3.05) is 12.3 Å². The van der Waals surface area contributed by atoms with E-state index in [4.69, 9.17) is 10.00 Å². The van der Waals surface area contributed by atoms with Crippen LogP contribution in [0.4, 0.5) is 5.69 Å². The minimum Gasteiger partial charge on any atom is -0.485 e. The number of aliphatic hydroxyl groups excluding tert-OH is 1. The lowest BCUT2D eigenvalue weighted by Gasteiger charge is -2.45. The second-order valence-electron chi connectivity index (χ2n) is 6.11. The largest absolute Gasteiger partial charge is 0.485 e. The predicted octanol–water partition coefficient (Wildman–Crippen LogP) is 2.05. The summed E-state index contributed by atoms with van der Waals surface area (Å²) in [6.07, 6.45) is 0.837. The summed E-state index contributed by atoms with van der Waals surface area (Å²) in [4.78, 5) is 16.3. The Morgan fingerprint density at radius 3 is 3.00 bits per heavy atom. The highest BCUT2D eigenvalue weighted by molar-refractivity contribution is 8.14. The third-order valence-corrected chi connectivity index (χ3v) is 5.17. The zero-order valence-electron chi connectivity index (χ0n) is 13.2. The lowest BCUT2D eigenvalue weighted by atomic mass is 9.85. The molecule has 1 N–H and O–H groups in total. The number of nitrogens with zero attached hydrogens (tertiary/aromatic N) is 4. The maximum atomic E-state index is 11.1. The van der Waals surface area contributed by atoms with E-state index < -0.39 is 22.7 Å². The Balaban J connectivity index is 2.13. The van der Waals surface area contributed by atoms with E-state index in [1.54, 1.807) is 26.1 Å². The molecular weight excluding hydrogens is 332 g/mol. The van der Waals surface area contributed by atoms with Crippen LogP contribution in [0.25, 0.3) is 0 Å². The molecule has 2 atom stereocenters. The number of aliphatic imine (C=N–C) groups is 1. The first-order valence-electron chi connectivity index (χ1n) is 7.37. The van der Waals surface area contributed by atoms with Gasteiger partial charge in [0, 0.05) is 30.0 Å². The van der Waals surface area contributed by atoms with Crippen molar-refractivity contribution in [2.45, 2.75) is 31.6 Å². The maximum absolute atomic E-state index is 11.1. The summed E-state index contributed by atoms with van der Waals surface area (Å²) in [6, 6.07) is 3.79. The van der Waals surface area contributed by atoms with Crippen LogP contribution in [0.15, 0.2) is 23.2 Å². The highest BCUT2D eigenvalue weighted by atomic mass is 32.2. The van der Waals surface area contributed by atoms with Crippen molar-refractivity contribution in [3.05, 3.63) is 33.9 Å². The first-order valence-corrected chi connectivity index (χ1v) is 8.35.